The largest absolute Gasteiger partial charge is 0.506 e. The Balaban J connectivity index is 2.90. The van der Waals surface area contributed by atoms with Crippen LogP contribution in [0.2, 0.25) is 0 Å². The Morgan fingerprint density at radius 1 is 1.47 bits per heavy atom. The van der Waals surface area contributed by atoms with Crippen LogP contribution in [-0.4, -0.2) is 23.3 Å². The molecule has 96 valence electrons. The highest BCUT2D eigenvalue weighted by Gasteiger charge is 2.19. The summed E-state index contributed by atoms with van der Waals surface area (Å²) in [6.45, 7) is 7.07. The van der Waals surface area contributed by atoms with Gasteiger partial charge >= 0.3 is 5.97 Å². The average Bonchev–Trinajstić information content (AvgIpc) is 2.40. The first-order chi connectivity index (χ1) is 9.10. The number of fused-ring (bicyclic) bond motifs is 1. The molecule has 0 amide bonds. The van der Waals surface area contributed by atoms with Gasteiger partial charge in [-0.25, -0.2) is 11.4 Å². The van der Waals surface area contributed by atoms with Crippen molar-refractivity contribution in [3.8, 4) is 11.5 Å². The number of benzene rings is 2. The minimum absolute atomic E-state index is 0.138. The molecule has 0 heterocycles. The van der Waals surface area contributed by atoms with Gasteiger partial charge in [-0.1, -0.05) is 18.2 Å². The first kappa shape index (κ1) is 12.7. The molecule has 0 unspecified atom stereocenters. The van der Waals surface area contributed by atoms with Crippen molar-refractivity contribution in [1.82, 2.24) is 0 Å². The van der Waals surface area contributed by atoms with E-state index in [1.165, 1.54) is 13.2 Å². The minimum Gasteiger partial charge on any atom is -0.506 e. The molecule has 2 rings (SSSR count). The van der Waals surface area contributed by atoms with Crippen LogP contribution in [-0.2, 0) is 6.54 Å². The maximum Gasteiger partial charge on any atom is 0.339 e. The van der Waals surface area contributed by atoms with E-state index in [-0.39, 0.29) is 17.9 Å². The van der Waals surface area contributed by atoms with Crippen molar-refractivity contribution in [2.24, 2.45) is 0 Å². The maximum atomic E-state index is 11.1. The van der Waals surface area contributed by atoms with Crippen molar-refractivity contribution in [3.05, 3.63) is 46.8 Å². The molecule has 2 aromatic carbocycles. The van der Waals surface area contributed by atoms with E-state index in [1.807, 2.05) is 0 Å². The highest BCUT2D eigenvalue weighted by atomic mass is 16.5. The summed E-state index contributed by atoms with van der Waals surface area (Å²) in [4.78, 5) is 14.4. The Labute approximate surface area is 109 Å². The van der Waals surface area contributed by atoms with Gasteiger partial charge in [-0.15, -0.1) is 0 Å². The summed E-state index contributed by atoms with van der Waals surface area (Å²) in [7, 11) is 1.42. The number of carboxylic acid groups (broad SMARTS) is 1. The van der Waals surface area contributed by atoms with Crippen molar-refractivity contribution in [2.75, 3.05) is 7.11 Å². The van der Waals surface area contributed by atoms with Crippen molar-refractivity contribution in [1.29, 1.82) is 0 Å². The van der Waals surface area contributed by atoms with E-state index < -0.39 is 5.97 Å². The third-order valence-electron chi connectivity index (χ3n) is 2.88. The number of aromatic hydroxyl groups is 1. The second-order valence-electron chi connectivity index (χ2n) is 3.94. The van der Waals surface area contributed by atoms with E-state index in [1.54, 1.807) is 18.2 Å². The quantitative estimate of drug-likeness (QED) is 0.829. The molecule has 5 nitrogen and oxygen atoms in total. The van der Waals surface area contributed by atoms with E-state index in [0.717, 1.165) is 0 Å². The first-order valence-electron chi connectivity index (χ1n) is 5.48. The van der Waals surface area contributed by atoms with Gasteiger partial charge in [-0.3, -0.25) is 0 Å². The van der Waals surface area contributed by atoms with Crippen LogP contribution in [0.4, 0.5) is 0 Å². The van der Waals surface area contributed by atoms with Crippen LogP contribution < -0.4 is 4.74 Å². The second-order valence-corrected chi connectivity index (χ2v) is 3.94. The predicted molar refractivity (Wildman–Crippen MR) is 69.4 cm³/mol. The minimum atomic E-state index is -1.23. The molecule has 0 saturated carbocycles. The topological polar surface area (TPSA) is 71.1 Å². The van der Waals surface area contributed by atoms with Crippen LogP contribution >= 0.6 is 0 Å². The number of hydrogen-bond donors (Lipinski definition) is 2. The lowest BCUT2D eigenvalue weighted by atomic mass is 9.99. The number of rotatable bonds is 3. The molecule has 5 heteroatoms. The average molecular weight is 257 g/mol. The zero-order valence-corrected chi connectivity index (χ0v) is 10.2. The molecule has 2 N–H and O–H groups in total. The summed E-state index contributed by atoms with van der Waals surface area (Å²) in [6.07, 6.45) is 0. The number of carboxylic acids is 1. The molecule has 2 aromatic rings. The van der Waals surface area contributed by atoms with Crippen LogP contribution in [0.25, 0.3) is 15.6 Å². The number of methoxy groups -OCH3 is 1. The summed E-state index contributed by atoms with van der Waals surface area (Å²) in [5, 5.41) is 20.0. The van der Waals surface area contributed by atoms with Crippen molar-refractivity contribution in [3.63, 3.8) is 0 Å². The Bertz CT molecular complexity index is 701. The van der Waals surface area contributed by atoms with Crippen LogP contribution in [0.1, 0.15) is 15.9 Å². The fraction of sp³-hybridized carbons (Fsp3) is 0.143. The third-order valence-corrected chi connectivity index (χ3v) is 2.88. The highest BCUT2D eigenvalue weighted by molar-refractivity contribution is 6.04. The molecule has 0 aliphatic carbocycles. The van der Waals surface area contributed by atoms with Gasteiger partial charge in [0.05, 0.1) is 7.11 Å². The van der Waals surface area contributed by atoms with E-state index in [0.29, 0.717) is 22.1 Å². The monoisotopic (exact) mass is 257 g/mol. The maximum absolute atomic E-state index is 11.1. The molecular weight excluding hydrogens is 246 g/mol. The molecule has 0 fully saturated rings. The van der Waals surface area contributed by atoms with Gasteiger partial charge in [0.1, 0.15) is 17.1 Å². The number of phenols is 1. The number of ether oxygens (including phenoxy) is 1. The number of nitrogens with zero attached hydrogens (tertiary/aromatic N) is 1. The molecule has 19 heavy (non-hydrogen) atoms. The van der Waals surface area contributed by atoms with Crippen LogP contribution in [0, 0.1) is 6.57 Å². The smallest absolute Gasteiger partial charge is 0.339 e. The molecular formula is C14H11NO4. The fourth-order valence-corrected chi connectivity index (χ4v) is 2.05. The van der Waals surface area contributed by atoms with E-state index in [2.05, 4.69) is 4.85 Å². The molecule has 0 aromatic heterocycles. The molecule has 0 saturated heterocycles. The highest BCUT2D eigenvalue weighted by Crippen LogP contribution is 2.38. The summed E-state index contributed by atoms with van der Waals surface area (Å²) in [6, 6.07) is 6.30. The van der Waals surface area contributed by atoms with Gasteiger partial charge < -0.3 is 19.8 Å². The van der Waals surface area contributed by atoms with Gasteiger partial charge in [-0.2, -0.15) is 0 Å². The van der Waals surface area contributed by atoms with E-state index in [4.69, 9.17) is 16.4 Å². The standard InChI is InChI=1S/C14H11NO4/c1-15-7-8-4-3-5-9-12(8)11(19-2)6-10(13(9)16)14(17)18/h3-6,16H,7H2,2H3,(H,17,18). The lowest BCUT2D eigenvalue weighted by Gasteiger charge is -2.11. The lowest BCUT2D eigenvalue weighted by Crippen LogP contribution is -2.00. The second kappa shape index (κ2) is 4.86. The Morgan fingerprint density at radius 3 is 2.79 bits per heavy atom. The Hall–Kier alpha value is -2.74. The van der Waals surface area contributed by atoms with E-state index >= 15 is 0 Å². The molecule has 0 aliphatic rings. The number of aromatic carboxylic acids is 1. The third kappa shape index (κ3) is 2.04. The van der Waals surface area contributed by atoms with Crippen LogP contribution in [0.3, 0.4) is 0 Å². The SMILES string of the molecule is [C-]#[N+]Cc1cccc2c(O)c(C(=O)O)cc(OC)c12. The summed E-state index contributed by atoms with van der Waals surface area (Å²) >= 11 is 0. The van der Waals surface area contributed by atoms with Gasteiger partial charge in [-0.05, 0) is 6.07 Å². The molecule has 0 bridgehead atoms. The zero-order chi connectivity index (χ0) is 14.0. The van der Waals surface area contributed by atoms with Crippen molar-refractivity contribution < 1.29 is 19.7 Å². The Kier molecular flexibility index (Phi) is 3.25. The normalized spacial score (nSPS) is 10.1. The van der Waals surface area contributed by atoms with E-state index in [9.17, 15) is 9.90 Å². The van der Waals surface area contributed by atoms with Gasteiger partial charge in [0.15, 0.2) is 0 Å². The van der Waals surface area contributed by atoms with Gasteiger partial charge in [0.2, 0.25) is 6.54 Å². The first-order valence-corrected chi connectivity index (χ1v) is 5.48. The lowest BCUT2D eigenvalue weighted by molar-refractivity contribution is 0.0693. The summed E-state index contributed by atoms with van der Waals surface area (Å²) in [5.74, 6) is -1.20. The number of carbonyl (C=O) groups is 1. The van der Waals surface area contributed by atoms with Crippen molar-refractivity contribution >= 4 is 16.7 Å². The van der Waals surface area contributed by atoms with Crippen molar-refractivity contribution in [2.45, 2.75) is 6.54 Å². The summed E-state index contributed by atoms with van der Waals surface area (Å²) in [5.41, 5.74) is 0.473. The van der Waals surface area contributed by atoms with Crippen LogP contribution in [0.15, 0.2) is 24.3 Å². The van der Waals surface area contributed by atoms with Crippen LogP contribution in [0.5, 0.6) is 11.5 Å². The number of hydrogen-bond acceptors (Lipinski definition) is 3. The predicted octanol–water partition coefficient (Wildman–Crippen LogP) is 2.67. The Morgan fingerprint density at radius 2 is 2.21 bits per heavy atom. The molecule has 0 radical (unpaired) electrons. The van der Waals surface area contributed by atoms with Gasteiger partial charge in [0.25, 0.3) is 0 Å². The molecule has 0 atom stereocenters. The molecule has 0 aliphatic heterocycles. The summed E-state index contributed by atoms with van der Waals surface area (Å²) < 4.78 is 5.18. The molecule has 0 spiro atoms. The fourth-order valence-electron chi connectivity index (χ4n) is 2.05. The zero-order valence-electron chi connectivity index (χ0n) is 10.2. The van der Waals surface area contributed by atoms with Gasteiger partial charge in [0, 0.05) is 16.3 Å².